The van der Waals surface area contributed by atoms with Crippen molar-refractivity contribution >= 4 is 11.3 Å². The van der Waals surface area contributed by atoms with Gasteiger partial charge in [-0.25, -0.2) is 4.39 Å². The van der Waals surface area contributed by atoms with Crippen LogP contribution in [-0.2, 0) is 6.42 Å². The zero-order chi connectivity index (χ0) is 17.9. The maximum atomic E-state index is 13.7. The number of fused-ring (bicyclic) bond motifs is 5. The average molecular weight is 348 g/mol. The highest BCUT2D eigenvalue weighted by Crippen LogP contribution is 2.63. The first-order chi connectivity index (χ1) is 12.6. The molecule has 4 atom stereocenters. The van der Waals surface area contributed by atoms with E-state index in [0.717, 1.165) is 30.5 Å². The first kappa shape index (κ1) is 16.0. The summed E-state index contributed by atoms with van der Waals surface area (Å²) in [7, 11) is 0. The van der Waals surface area contributed by atoms with E-state index in [1.54, 1.807) is 6.07 Å². The number of nitrogen functional groups attached to an aromatic ring is 1. The number of allylic oxidation sites excluding steroid dienone is 2. The number of rotatable bonds is 1. The van der Waals surface area contributed by atoms with E-state index in [-0.39, 0.29) is 11.2 Å². The Morgan fingerprint density at radius 1 is 1.19 bits per heavy atom. The van der Waals surface area contributed by atoms with Crippen molar-refractivity contribution in [2.24, 2.45) is 17.3 Å². The highest BCUT2D eigenvalue weighted by Gasteiger charge is 2.51. The largest absolute Gasteiger partial charge is 0.399 e. The summed E-state index contributed by atoms with van der Waals surface area (Å²) in [6.45, 7) is 2.40. The Labute approximate surface area is 154 Å². The molecule has 2 aromatic rings. The predicted molar refractivity (Wildman–Crippen MR) is 103 cm³/mol. The number of nitrogens with zero attached hydrogens (tertiary/aromatic N) is 1. The monoisotopic (exact) mass is 348 g/mol. The molecule has 3 heteroatoms. The molecule has 0 radical (unpaired) electrons. The molecule has 0 saturated heterocycles. The minimum absolute atomic E-state index is 0.141. The number of aromatic nitrogens is 1. The van der Waals surface area contributed by atoms with Crippen LogP contribution in [0.4, 0.5) is 10.1 Å². The molecule has 2 nitrogen and oxygen atoms in total. The molecule has 5 rings (SSSR count). The summed E-state index contributed by atoms with van der Waals surface area (Å²) in [5, 5.41) is 0. The molecule has 0 unspecified atom stereocenters. The maximum absolute atomic E-state index is 13.7. The van der Waals surface area contributed by atoms with Crippen molar-refractivity contribution in [1.82, 2.24) is 4.98 Å². The number of benzene rings is 1. The van der Waals surface area contributed by atoms with Crippen LogP contribution in [-0.4, -0.2) is 4.98 Å². The van der Waals surface area contributed by atoms with E-state index in [2.05, 4.69) is 36.2 Å². The number of halogens is 1. The molecule has 3 aliphatic carbocycles. The summed E-state index contributed by atoms with van der Waals surface area (Å²) in [5.74, 6) is 1.76. The quantitative estimate of drug-likeness (QED) is 0.705. The second-order valence-corrected chi connectivity index (χ2v) is 8.58. The standard InChI is InChI=1S/C23H25FN2/c1-23-9-8-19-18-5-3-17(25)11-14(18)2-4-20(19)22(23)7-6-21(23)15-10-16(24)13-26-12-15/h3,5-6,10-13,19-20,22H,2,4,7-9,25H2,1H3/t19-,20-,22+,23-/m1/s1. The molecule has 26 heavy (non-hydrogen) atoms. The van der Waals surface area contributed by atoms with E-state index in [9.17, 15) is 4.39 Å². The molecule has 2 N–H and O–H groups in total. The molecule has 1 saturated carbocycles. The molecule has 0 amide bonds. The van der Waals surface area contributed by atoms with Gasteiger partial charge in [-0.05, 0) is 95.7 Å². The Bertz CT molecular complexity index is 903. The Balaban J connectivity index is 1.49. The van der Waals surface area contributed by atoms with Crippen molar-refractivity contribution in [1.29, 1.82) is 0 Å². The molecule has 0 bridgehead atoms. The van der Waals surface area contributed by atoms with Crippen LogP contribution in [0.3, 0.4) is 0 Å². The second-order valence-electron chi connectivity index (χ2n) is 8.58. The van der Waals surface area contributed by atoms with Crippen LogP contribution >= 0.6 is 0 Å². The summed E-state index contributed by atoms with van der Waals surface area (Å²) >= 11 is 0. The third-order valence-electron chi connectivity index (χ3n) is 7.35. The van der Waals surface area contributed by atoms with Crippen LogP contribution in [0.1, 0.15) is 55.2 Å². The van der Waals surface area contributed by atoms with Gasteiger partial charge in [0.2, 0.25) is 0 Å². The number of hydrogen-bond donors (Lipinski definition) is 1. The van der Waals surface area contributed by atoms with Crippen LogP contribution in [0.15, 0.2) is 42.7 Å². The molecule has 1 fully saturated rings. The lowest BCUT2D eigenvalue weighted by atomic mass is 9.54. The summed E-state index contributed by atoms with van der Waals surface area (Å²) < 4.78 is 13.7. The lowest BCUT2D eigenvalue weighted by molar-refractivity contribution is 0.0886. The maximum Gasteiger partial charge on any atom is 0.142 e. The predicted octanol–water partition coefficient (Wildman–Crippen LogP) is 5.35. The van der Waals surface area contributed by atoms with E-state index in [0.29, 0.717) is 17.8 Å². The number of aryl methyl sites for hydroxylation is 1. The molecule has 1 aromatic carbocycles. The van der Waals surface area contributed by atoms with Crippen molar-refractivity contribution < 1.29 is 4.39 Å². The van der Waals surface area contributed by atoms with Gasteiger partial charge in [0.1, 0.15) is 5.82 Å². The van der Waals surface area contributed by atoms with Crippen molar-refractivity contribution in [3.05, 3.63) is 65.2 Å². The zero-order valence-electron chi connectivity index (χ0n) is 15.2. The van der Waals surface area contributed by atoms with Crippen molar-refractivity contribution in [2.45, 2.75) is 44.9 Å². The number of pyridine rings is 1. The van der Waals surface area contributed by atoms with E-state index in [1.165, 1.54) is 35.7 Å². The number of anilines is 1. The fourth-order valence-corrected chi connectivity index (χ4v) is 6.18. The lowest BCUT2D eigenvalue weighted by Gasteiger charge is -2.50. The van der Waals surface area contributed by atoms with Gasteiger partial charge in [-0.2, -0.15) is 0 Å². The van der Waals surface area contributed by atoms with Crippen LogP contribution in [0.25, 0.3) is 5.57 Å². The fraction of sp³-hybridized carbons (Fsp3) is 0.435. The van der Waals surface area contributed by atoms with Gasteiger partial charge in [0, 0.05) is 11.9 Å². The molecule has 0 spiro atoms. The van der Waals surface area contributed by atoms with E-state index < -0.39 is 0 Å². The molecule has 3 aliphatic rings. The number of hydrogen-bond acceptors (Lipinski definition) is 2. The van der Waals surface area contributed by atoms with Crippen LogP contribution in [0.5, 0.6) is 0 Å². The van der Waals surface area contributed by atoms with E-state index in [4.69, 9.17) is 5.73 Å². The highest BCUT2D eigenvalue weighted by atomic mass is 19.1. The van der Waals surface area contributed by atoms with E-state index in [1.807, 2.05) is 6.20 Å². The molecular weight excluding hydrogens is 323 g/mol. The number of nitrogens with two attached hydrogens (primary N) is 1. The Hall–Kier alpha value is -2.16. The third-order valence-corrected chi connectivity index (χ3v) is 7.35. The third kappa shape index (κ3) is 2.26. The molecule has 1 aromatic heterocycles. The minimum atomic E-state index is -0.242. The first-order valence-corrected chi connectivity index (χ1v) is 9.76. The summed E-state index contributed by atoms with van der Waals surface area (Å²) in [6, 6.07) is 8.16. The Morgan fingerprint density at radius 2 is 2.08 bits per heavy atom. The average Bonchev–Trinajstić information content (AvgIpc) is 2.98. The van der Waals surface area contributed by atoms with Gasteiger partial charge in [-0.15, -0.1) is 0 Å². The summed E-state index contributed by atoms with van der Waals surface area (Å²) in [5.41, 5.74) is 12.3. The van der Waals surface area contributed by atoms with Gasteiger partial charge >= 0.3 is 0 Å². The Kier molecular flexibility index (Phi) is 3.50. The summed E-state index contributed by atoms with van der Waals surface area (Å²) in [4.78, 5) is 4.09. The van der Waals surface area contributed by atoms with Gasteiger partial charge in [0.25, 0.3) is 0 Å². The van der Waals surface area contributed by atoms with Crippen LogP contribution < -0.4 is 5.73 Å². The summed E-state index contributed by atoms with van der Waals surface area (Å²) in [6.07, 6.45) is 11.3. The zero-order valence-corrected chi connectivity index (χ0v) is 15.2. The SMILES string of the molecule is C[C@]12CC[C@@H]3c4ccc(N)cc4CC[C@H]3[C@@H]1CC=C2c1cncc(F)c1. The molecule has 0 aliphatic heterocycles. The van der Waals surface area contributed by atoms with E-state index >= 15 is 0 Å². The minimum Gasteiger partial charge on any atom is -0.399 e. The van der Waals surface area contributed by atoms with Gasteiger partial charge in [0.05, 0.1) is 6.20 Å². The van der Waals surface area contributed by atoms with Crippen LogP contribution in [0, 0.1) is 23.1 Å². The topological polar surface area (TPSA) is 38.9 Å². The highest BCUT2D eigenvalue weighted by molar-refractivity contribution is 5.72. The molecular formula is C23H25FN2. The first-order valence-electron chi connectivity index (χ1n) is 9.76. The van der Waals surface area contributed by atoms with Gasteiger partial charge in [-0.3, -0.25) is 4.98 Å². The van der Waals surface area contributed by atoms with Gasteiger partial charge in [-0.1, -0.05) is 19.1 Å². The van der Waals surface area contributed by atoms with Crippen molar-refractivity contribution in [3.63, 3.8) is 0 Å². The molecule has 134 valence electrons. The normalized spacial score (nSPS) is 32.4. The van der Waals surface area contributed by atoms with Crippen molar-refractivity contribution in [3.8, 4) is 0 Å². The van der Waals surface area contributed by atoms with Crippen LogP contribution in [0.2, 0.25) is 0 Å². The van der Waals surface area contributed by atoms with Gasteiger partial charge < -0.3 is 5.73 Å². The Morgan fingerprint density at radius 3 is 2.92 bits per heavy atom. The fourth-order valence-electron chi connectivity index (χ4n) is 6.18. The second kappa shape index (κ2) is 5.67. The van der Waals surface area contributed by atoms with Gasteiger partial charge in [0.15, 0.2) is 0 Å². The smallest absolute Gasteiger partial charge is 0.142 e. The lowest BCUT2D eigenvalue weighted by Crippen LogP contribution is -2.40. The molecule has 1 heterocycles. The van der Waals surface area contributed by atoms with Crippen molar-refractivity contribution in [2.75, 3.05) is 5.73 Å².